The minimum atomic E-state index is -0.938. The second kappa shape index (κ2) is 7.87. The summed E-state index contributed by atoms with van der Waals surface area (Å²) in [6.07, 6.45) is 3.33. The summed E-state index contributed by atoms with van der Waals surface area (Å²) in [5.74, 6) is -0.275. The van der Waals surface area contributed by atoms with Crippen LogP contribution in [0, 0.1) is 11.8 Å². The number of urea groups is 1. The predicted molar refractivity (Wildman–Crippen MR) is 74.1 cm³/mol. The molecule has 1 fully saturated rings. The lowest BCUT2D eigenvalue weighted by Crippen LogP contribution is -2.48. The zero-order chi connectivity index (χ0) is 15.1. The van der Waals surface area contributed by atoms with Gasteiger partial charge in [-0.05, 0) is 37.5 Å². The predicted octanol–water partition coefficient (Wildman–Crippen LogP) is 1.89. The minimum Gasteiger partial charge on any atom is -0.481 e. The van der Waals surface area contributed by atoms with Gasteiger partial charge in [0.2, 0.25) is 5.91 Å². The van der Waals surface area contributed by atoms with Crippen LogP contribution in [-0.2, 0) is 9.59 Å². The zero-order valence-electron chi connectivity index (χ0n) is 12.1. The third kappa shape index (κ3) is 6.04. The molecular formula is C14H24N2O4. The minimum absolute atomic E-state index is 0.0526. The quantitative estimate of drug-likeness (QED) is 0.718. The smallest absolute Gasteiger partial charge is 0.321 e. The van der Waals surface area contributed by atoms with Crippen LogP contribution in [0.25, 0.3) is 0 Å². The third-order valence-corrected chi connectivity index (χ3v) is 3.80. The van der Waals surface area contributed by atoms with Crippen LogP contribution in [-0.4, -0.2) is 29.1 Å². The molecule has 1 rings (SSSR count). The fourth-order valence-electron chi connectivity index (χ4n) is 2.67. The van der Waals surface area contributed by atoms with Crippen LogP contribution in [0.4, 0.5) is 4.79 Å². The highest BCUT2D eigenvalue weighted by molar-refractivity contribution is 5.94. The van der Waals surface area contributed by atoms with E-state index in [0.29, 0.717) is 11.8 Å². The van der Waals surface area contributed by atoms with E-state index in [1.165, 1.54) is 0 Å². The van der Waals surface area contributed by atoms with Gasteiger partial charge in [0.05, 0.1) is 0 Å². The summed E-state index contributed by atoms with van der Waals surface area (Å²) < 4.78 is 0. The van der Waals surface area contributed by atoms with Crippen molar-refractivity contribution in [3.05, 3.63) is 0 Å². The molecule has 3 unspecified atom stereocenters. The number of hydrogen-bond acceptors (Lipinski definition) is 3. The van der Waals surface area contributed by atoms with E-state index >= 15 is 0 Å². The summed E-state index contributed by atoms with van der Waals surface area (Å²) in [6.45, 7) is 4.31. The molecule has 0 bridgehead atoms. The molecule has 114 valence electrons. The van der Waals surface area contributed by atoms with Crippen LogP contribution < -0.4 is 10.6 Å². The van der Waals surface area contributed by atoms with Gasteiger partial charge < -0.3 is 10.4 Å². The maximum atomic E-state index is 11.7. The molecule has 0 radical (unpaired) electrons. The number of rotatable bonds is 5. The zero-order valence-corrected chi connectivity index (χ0v) is 12.1. The van der Waals surface area contributed by atoms with E-state index in [1.54, 1.807) is 0 Å². The van der Waals surface area contributed by atoms with Crippen LogP contribution in [0.15, 0.2) is 0 Å². The highest BCUT2D eigenvalue weighted by Gasteiger charge is 2.26. The molecule has 1 aliphatic rings. The third-order valence-electron chi connectivity index (χ3n) is 3.80. The molecule has 1 aliphatic carbocycles. The Morgan fingerprint density at radius 2 is 1.85 bits per heavy atom. The Labute approximate surface area is 119 Å². The lowest BCUT2D eigenvalue weighted by molar-refractivity contribution is -0.137. The molecule has 3 N–H and O–H groups in total. The van der Waals surface area contributed by atoms with Gasteiger partial charge in [-0.2, -0.15) is 0 Å². The first-order chi connectivity index (χ1) is 9.38. The summed E-state index contributed by atoms with van der Waals surface area (Å²) in [7, 11) is 0. The topological polar surface area (TPSA) is 95.5 Å². The maximum absolute atomic E-state index is 11.7. The molecule has 20 heavy (non-hydrogen) atoms. The van der Waals surface area contributed by atoms with Crippen LogP contribution in [0.3, 0.4) is 0 Å². The van der Waals surface area contributed by atoms with Crippen molar-refractivity contribution in [3.8, 4) is 0 Å². The first-order valence-electron chi connectivity index (χ1n) is 7.20. The van der Waals surface area contributed by atoms with E-state index in [2.05, 4.69) is 24.5 Å². The van der Waals surface area contributed by atoms with Crippen molar-refractivity contribution in [2.45, 2.75) is 58.4 Å². The van der Waals surface area contributed by atoms with Crippen LogP contribution >= 0.6 is 0 Å². The van der Waals surface area contributed by atoms with Crippen molar-refractivity contribution in [2.75, 3.05) is 0 Å². The van der Waals surface area contributed by atoms with Crippen molar-refractivity contribution >= 4 is 17.9 Å². The van der Waals surface area contributed by atoms with Crippen molar-refractivity contribution in [3.63, 3.8) is 0 Å². The first kappa shape index (κ1) is 16.5. The van der Waals surface area contributed by atoms with Crippen LogP contribution in [0.1, 0.15) is 52.4 Å². The average molecular weight is 284 g/mol. The Kier molecular flexibility index (Phi) is 6.48. The molecule has 0 aromatic heterocycles. The van der Waals surface area contributed by atoms with E-state index < -0.39 is 17.9 Å². The van der Waals surface area contributed by atoms with Gasteiger partial charge in [0, 0.05) is 18.9 Å². The van der Waals surface area contributed by atoms with Gasteiger partial charge in [0.25, 0.3) is 0 Å². The van der Waals surface area contributed by atoms with Crippen LogP contribution in [0.5, 0.6) is 0 Å². The second-order valence-corrected chi connectivity index (χ2v) is 5.77. The molecule has 6 nitrogen and oxygen atoms in total. The number of carboxylic acid groups (broad SMARTS) is 1. The molecule has 0 aromatic carbocycles. The molecule has 0 aliphatic heterocycles. The van der Waals surface area contributed by atoms with Gasteiger partial charge in [-0.15, -0.1) is 0 Å². The van der Waals surface area contributed by atoms with E-state index in [0.717, 1.165) is 19.3 Å². The maximum Gasteiger partial charge on any atom is 0.321 e. The molecule has 6 heteroatoms. The van der Waals surface area contributed by atoms with Crippen molar-refractivity contribution in [2.24, 2.45) is 11.8 Å². The molecule has 1 saturated carbocycles. The number of carbonyl (C=O) groups excluding carboxylic acids is 2. The van der Waals surface area contributed by atoms with E-state index in [-0.39, 0.29) is 25.3 Å². The summed E-state index contributed by atoms with van der Waals surface area (Å²) >= 11 is 0. The number of carbonyl (C=O) groups is 3. The van der Waals surface area contributed by atoms with E-state index in [9.17, 15) is 14.4 Å². The molecular weight excluding hydrogens is 260 g/mol. The largest absolute Gasteiger partial charge is 0.481 e. The monoisotopic (exact) mass is 284 g/mol. The van der Waals surface area contributed by atoms with Gasteiger partial charge >= 0.3 is 12.0 Å². The summed E-state index contributed by atoms with van der Waals surface area (Å²) in [6, 6.07) is -0.366. The number of imide groups is 1. The van der Waals surface area contributed by atoms with Crippen molar-refractivity contribution in [1.29, 1.82) is 0 Å². The van der Waals surface area contributed by atoms with Crippen LogP contribution in [0.2, 0.25) is 0 Å². The number of hydrogen-bond donors (Lipinski definition) is 3. The van der Waals surface area contributed by atoms with Gasteiger partial charge in [0.1, 0.15) is 0 Å². The lowest BCUT2D eigenvalue weighted by atomic mass is 9.80. The summed E-state index contributed by atoms with van der Waals surface area (Å²) in [5, 5.41) is 13.5. The Hall–Kier alpha value is -1.59. The molecule has 3 atom stereocenters. The fourth-order valence-corrected chi connectivity index (χ4v) is 2.67. The van der Waals surface area contributed by atoms with Gasteiger partial charge in [-0.25, -0.2) is 4.79 Å². The molecule has 0 heterocycles. The SMILES string of the molecule is CC1CCC(NC(=O)NC(=O)CCCC(=O)O)C(C)C1. The van der Waals surface area contributed by atoms with Crippen molar-refractivity contribution < 1.29 is 19.5 Å². The summed E-state index contributed by atoms with van der Waals surface area (Å²) in [4.78, 5) is 33.4. The lowest BCUT2D eigenvalue weighted by Gasteiger charge is -2.33. The second-order valence-electron chi connectivity index (χ2n) is 5.77. The Balaban J connectivity index is 2.25. The van der Waals surface area contributed by atoms with Crippen molar-refractivity contribution in [1.82, 2.24) is 10.6 Å². The van der Waals surface area contributed by atoms with E-state index in [1.807, 2.05) is 0 Å². The number of nitrogens with one attached hydrogen (secondary N) is 2. The molecule has 3 amide bonds. The summed E-state index contributed by atoms with van der Waals surface area (Å²) in [5.41, 5.74) is 0. The number of aliphatic carboxylic acids is 1. The Morgan fingerprint density at radius 1 is 1.15 bits per heavy atom. The van der Waals surface area contributed by atoms with E-state index in [4.69, 9.17) is 5.11 Å². The Bertz CT molecular complexity index is 370. The highest BCUT2D eigenvalue weighted by Crippen LogP contribution is 2.28. The Morgan fingerprint density at radius 3 is 2.45 bits per heavy atom. The molecule has 0 aromatic rings. The first-order valence-corrected chi connectivity index (χ1v) is 7.20. The molecule has 0 saturated heterocycles. The van der Waals surface area contributed by atoms with Gasteiger partial charge in [-0.3, -0.25) is 14.9 Å². The number of carboxylic acids is 1. The standard InChI is InChI=1S/C14H24N2O4/c1-9-6-7-11(10(2)8-9)15-14(20)16-12(17)4-3-5-13(18)19/h9-11H,3-8H2,1-2H3,(H,18,19)(H2,15,16,17,20). The fraction of sp³-hybridized carbons (Fsp3) is 0.786. The molecule has 0 spiro atoms. The normalized spacial score (nSPS) is 25.8. The highest BCUT2D eigenvalue weighted by atomic mass is 16.4. The van der Waals surface area contributed by atoms with Gasteiger partial charge in [-0.1, -0.05) is 13.8 Å². The average Bonchev–Trinajstić information content (AvgIpc) is 2.32. The van der Waals surface area contributed by atoms with Gasteiger partial charge in [0.15, 0.2) is 0 Å². The number of amides is 3.